The zero-order valence-corrected chi connectivity index (χ0v) is 12.7. The third kappa shape index (κ3) is 6.90. The van der Waals surface area contributed by atoms with Crippen LogP contribution < -0.4 is 16.4 Å². The summed E-state index contributed by atoms with van der Waals surface area (Å²) in [6.45, 7) is 1.22. The van der Waals surface area contributed by atoms with E-state index in [4.69, 9.17) is 5.73 Å². The zero-order valence-electron chi connectivity index (χ0n) is 12.7. The number of nitrogens with two attached hydrogens (primary N) is 1. The van der Waals surface area contributed by atoms with Crippen molar-refractivity contribution in [2.75, 3.05) is 13.6 Å². The van der Waals surface area contributed by atoms with E-state index < -0.39 is 0 Å². The summed E-state index contributed by atoms with van der Waals surface area (Å²) < 4.78 is 0. The highest BCUT2D eigenvalue weighted by Gasteiger charge is 2.04. The Morgan fingerprint density at radius 2 is 1.71 bits per heavy atom. The molecule has 0 bridgehead atoms. The van der Waals surface area contributed by atoms with E-state index >= 15 is 0 Å². The number of hydrogen-bond acceptors (Lipinski definition) is 3. The first-order chi connectivity index (χ1) is 10.2. The first-order valence-corrected chi connectivity index (χ1v) is 7.45. The Labute approximate surface area is 126 Å². The summed E-state index contributed by atoms with van der Waals surface area (Å²) in [5.41, 5.74) is 7.02. The lowest BCUT2D eigenvalue weighted by molar-refractivity contribution is -0.121. The highest BCUT2D eigenvalue weighted by atomic mass is 16.2. The van der Waals surface area contributed by atoms with Crippen molar-refractivity contribution in [3.63, 3.8) is 0 Å². The van der Waals surface area contributed by atoms with Crippen molar-refractivity contribution in [1.29, 1.82) is 0 Å². The molecule has 4 N–H and O–H groups in total. The van der Waals surface area contributed by atoms with Gasteiger partial charge in [-0.3, -0.25) is 9.59 Å². The van der Waals surface area contributed by atoms with Crippen LogP contribution in [0.3, 0.4) is 0 Å². The summed E-state index contributed by atoms with van der Waals surface area (Å²) in [7, 11) is 1.60. The smallest absolute Gasteiger partial charge is 0.251 e. The number of carbonyl (C=O) groups excluding carboxylic acids is 2. The average Bonchev–Trinajstić information content (AvgIpc) is 2.52. The predicted octanol–water partition coefficient (Wildman–Crippen LogP) is 1.57. The van der Waals surface area contributed by atoms with Crippen molar-refractivity contribution in [3.05, 3.63) is 35.4 Å². The second-order valence-electron chi connectivity index (χ2n) is 5.01. The number of nitrogens with one attached hydrogen (secondary N) is 2. The van der Waals surface area contributed by atoms with Crippen LogP contribution in [-0.4, -0.2) is 25.4 Å². The van der Waals surface area contributed by atoms with Gasteiger partial charge in [0.15, 0.2) is 0 Å². The second-order valence-corrected chi connectivity index (χ2v) is 5.01. The molecule has 0 aliphatic rings. The molecule has 0 spiro atoms. The van der Waals surface area contributed by atoms with Crippen LogP contribution in [0.2, 0.25) is 0 Å². The van der Waals surface area contributed by atoms with Crippen LogP contribution in [0.4, 0.5) is 0 Å². The van der Waals surface area contributed by atoms with Gasteiger partial charge < -0.3 is 16.4 Å². The highest BCUT2D eigenvalue weighted by molar-refractivity contribution is 5.93. The van der Waals surface area contributed by atoms with Gasteiger partial charge in [-0.1, -0.05) is 25.0 Å². The summed E-state index contributed by atoms with van der Waals surface area (Å²) in [6.07, 6.45) is 4.62. The van der Waals surface area contributed by atoms with Gasteiger partial charge in [-0.05, 0) is 37.1 Å². The molecular formula is C16H25N3O2. The van der Waals surface area contributed by atoms with Crippen LogP contribution in [0.1, 0.15) is 48.0 Å². The molecule has 5 nitrogen and oxygen atoms in total. The zero-order chi connectivity index (χ0) is 15.5. The fourth-order valence-corrected chi connectivity index (χ4v) is 1.99. The van der Waals surface area contributed by atoms with Gasteiger partial charge in [0.1, 0.15) is 0 Å². The number of amides is 2. The standard InChI is InChI=1S/C16H25N3O2/c1-18-16(21)14-9-7-13(8-10-14)12-19-15(20)6-4-2-3-5-11-17/h7-10H,2-6,11-12,17H2,1H3,(H,18,21)(H,19,20). The van der Waals surface area contributed by atoms with E-state index in [9.17, 15) is 9.59 Å². The van der Waals surface area contributed by atoms with Gasteiger partial charge in [0.25, 0.3) is 5.91 Å². The van der Waals surface area contributed by atoms with Crippen LogP contribution in [-0.2, 0) is 11.3 Å². The van der Waals surface area contributed by atoms with Crippen LogP contribution >= 0.6 is 0 Å². The number of rotatable bonds is 9. The summed E-state index contributed by atoms with van der Waals surface area (Å²) in [5.74, 6) is -0.0406. The van der Waals surface area contributed by atoms with E-state index in [1.54, 1.807) is 19.2 Å². The molecule has 0 heterocycles. The second kappa shape index (κ2) is 9.94. The normalized spacial score (nSPS) is 10.2. The lowest BCUT2D eigenvalue weighted by atomic mass is 10.1. The molecule has 1 aromatic rings. The van der Waals surface area contributed by atoms with Gasteiger partial charge in [0.05, 0.1) is 0 Å². The van der Waals surface area contributed by atoms with Crippen LogP contribution in [0.5, 0.6) is 0 Å². The maximum absolute atomic E-state index is 11.7. The molecule has 1 aromatic carbocycles. The van der Waals surface area contributed by atoms with Crippen molar-refractivity contribution in [3.8, 4) is 0 Å². The van der Waals surface area contributed by atoms with Crippen LogP contribution in [0, 0.1) is 0 Å². The van der Waals surface area contributed by atoms with E-state index in [-0.39, 0.29) is 11.8 Å². The van der Waals surface area contributed by atoms with Gasteiger partial charge in [-0.2, -0.15) is 0 Å². The molecule has 0 aliphatic heterocycles. The molecule has 0 saturated carbocycles. The number of hydrogen-bond donors (Lipinski definition) is 3. The van der Waals surface area contributed by atoms with Gasteiger partial charge in [0, 0.05) is 25.6 Å². The van der Waals surface area contributed by atoms with Crippen molar-refractivity contribution >= 4 is 11.8 Å². The minimum Gasteiger partial charge on any atom is -0.355 e. The predicted molar refractivity (Wildman–Crippen MR) is 83.8 cm³/mol. The van der Waals surface area contributed by atoms with Crippen LogP contribution in [0.15, 0.2) is 24.3 Å². The summed E-state index contributed by atoms with van der Waals surface area (Å²) in [4.78, 5) is 23.1. The molecule has 2 amide bonds. The SMILES string of the molecule is CNC(=O)c1ccc(CNC(=O)CCCCCCN)cc1. The van der Waals surface area contributed by atoms with Crippen molar-refractivity contribution in [1.82, 2.24) is 10.6 Å². The third-order valence-corrected chi connectivity index (χ3v) is 3.29. The average molecular weight is 291 g/mol. The maximum atomic E-state index is 11.7. The van der Waals surface area contributed by atoms with E-state index in [0.29, 0.717) is 18.5 Å². The largest absolute Gasteiger partial charge is 0.355 e. The number of unbranched alkanes of at least 4 members (excludes halogenated alkanes) is 3. The Kier molecular flexibility index (Phi) is 8.12. The molecule has 0 unspecified atom stereocenters. The molecule has 0 saturated heterocycles. The van der Waals surface area contributed by atoms with E-state index in [2.05, 4.69) is 10.6 Å². The van der Waals surface area contributed by atoms with Crippen LogP contribution in [0.25, 0.3) is 0 Å². The molecule has 0 aliphatic carbocycles. The third-order valence-electron chi connectivity index (χ3n) is 3.29. The van der Waals surface area contributed by atoms with E-state index in [1.807, 2.05) is 12.1 Å². The molecule has 0 atom stereocenters. The lowest BCUT2D eigenvalue weighted by Crippen LogP contribution is -2.22. The summed E-state index contributed by atoms with van der Waals surface area (Å²) in [5, 5.41) is 5.46. The molecular weight excluding hydrogens is 266 g/mol. The minimum absolute atomic E-state index is 0.0677. The quantitative estimate of drug-likeness (QED) is 0.604. The maximum Gasteiger partial charge on any atom is 0.251 e. The van der Waals surface area contributed by atoms with Crippen molar-refractivity contribution < 1.29 is 9.59 Å². The number of benzene rings is 1. The van der Waals surface area contributed by atoms with Gasteiger partial charge in [0.2, 0.25) is 5.91 Å². The van der Waals surface area contributed by atoms with Gasteiger partial charge in [-0.25, -0.2) is 0 Å². The minimum atomic E-state index is -0.108. The van der Waals surface area contributed by atoms with E-state index in [1.165, 1.54) is 0 Å². The molecule has 0 radical (unpaired) electrons. The highest BCUT2D eigenvalue weighted by Crippen LogP contribution is 2.05. The molecule has 1 rings (SSSR count). The molecule has 21 heavy (non-hydrogen) atoms. The van der Waals surface area contributed by atoms with E-state index in [0.717, 1.165) is 37.8 Å². The Morgan fingerprint density at radius 1 is 1.05 bits per heavy atom. The number of carbonyl (C=O) groups is 2. The fourth-order valence-electron chi connectivity index (χ4n) is 1.99. The first-order valence-electron chi connectivity index (χ1n) is 7.45. The Bertz CT molecular complexity index is 443. The Morgan fingerprint density at radius 3 is 2.33 bits per heavy atom. The summed E-state index contributed by atoms with van der Waals surface area (Å²) >= 11 is 0. The lowest BCUT2D eigenvalue weighted by Gasteiger charge is -2.06. The van der Waals surface area contributed by atoms with Crippen molar-refractivity contribution in [2.24, 2.45) is 5.73 Å². The Balaban J connectivity index is 2.25. The Hall–Kier alpha value is -1.88. The molecule has 0 fully saturated rings. The monoisotopic (exact) mass is 291 g/mol. The first kappa shape index (κ1) is 17.2. The molecule has 5 heteroatoms. The molecule has 116 valence electrons. The van der Waals surface area contributed by atoms with Crippen molar-refractivity contribution in [2.45, 2.75) is 38.6 Å². The molecule has 0 aromatic heterocycles. The van der Waals surface area contributed by atoms with Gasteiger partial charge in [-0.15, -0.1) is 0 Å². The topological polar surface area (TPSA) is 84.2 Å². The fraction of sp³-hybridized carbons (Fsp3) is 0.500. The van der Waals surface area contributed by atoms with Gasteiger partial charge >= 0.3 is 0 Å². The summed E-state index contributed by atoms with van der Waals surface area (Å²) in [6, 6.07) is 7.22.